The van der Waals surface area contributed by atoms with Crippen molar-refractivity contribution in [1.29, 1.82) is 0 Å². The standard InChI is InChI=1S/C60H115NO5/c1-3-5-7-9-11-13-15-17-19-21-23-24-26-27-29-31-33-36-40-44-48-52-58(63)57(56-62)61-59(64)53-49-45-41-37-35-39-43-47-51-55-66-60(65)54-50-46-42-38-34-32-30-28-25-22-20-18-16-14-12-10-8-6-4-2/h18,20,37,41,57-58,62-63H,3-17,19,21-36,38-40,42-56H2,1-2H3,(H,61,64)/b20-18-,41-37-. The Kier molecular flexibility index (Phi) is 54.5. The lowest BCUT2D eigenvalue weighted by atomic mass is 10.0. The van der Waals surface area contributed by atoms with E-state index in [0.717, 1.165) is 70.6 Å². The number of rotatable bonds is 55. The predicted molar refractivity (Wildman–Crippen MR) is 287 cm³/mol. The highest BCUT2D eigenvalue weighted by Crippen LogP contribution is 2.17. The summed E-state index contributed by atoms with van der Waals surface area (Å²) in [7, 11) is 0. The zero-order valence-electron chi connectivity index (χ0n) is 44.4. The third-order valence-electron chi connectivity index (χ3n) is 13.7. The maximum Gasteiger partial charge on any atom is 0.305 e. The number of ether oxygens (including phenoxy) is 1. The van der Waals surface area contributed by atoms with Crippen LogP contribution in [0.25, 0.3) is 0 Å². The summed E-state index contributed by atoms with van der Waals surface area (Å²) in [6.07, 6.45) is 67.5. The fourth-order valence-electron chi connectivity index (χ4n) is 9.17. The van der Waals surface area contributed by atoms with Crippen LogP contribution in [0.15, 0.2) is 24.3 Å². The number of aliphatic hydroxyl groups is 2. The Labute approximate surface area is 411 Å². The van der Waals surface area contributed by atoms with Crippen LogP contribution in [-0.4, -0.2) is 47.4 Å². The van der Waals surface area contributed by atoms with Crippen LogP contribution in [0.3, 0.4) is 0 Å². The van der Waals surface area contributed by atoms with E-state index in [1.165, 1.54) is 218 Å². The van der Waals surface area contributed by atoms with Gasteiger partial charge in [-0.25, -0.2) is 0 Å². The molecule has 66 heavy (non-hydrogen) atoms. The average Bonchev–Trinajstić information content (AvgIpc) is 3.32. The van der Waals surface area contributed by atoms with Gasteiger partial charge in [-0.2, -0.15) is 0 Å². The van der Waals surface area contributed by atoms with E-state index in [-0.39, 0.29) is 18.5 Å². The van der Waals surface area contributed by atoms with Gasteiger partial charge in [-0.05, 0) is 70.6 Å². The minimum absolute atomic E-state index is 0.0352. The lowest BCUT2D eigenvalue weighted by Crippen LogP contribution is -2.45. The van der Waals surface area contributed by atoms with Crippen molar-refractivity contribution in [1.82, 2.24) is 5.32 Å². The van der Waals surface area contributed by atoms with Crippen molar-refractivity contribution in [2.45, 2.75) is 334 Å². The molecule has 0 aliphatic rings. The van der Waals surface area contributed by atoms with Gasteiger partial charge in [0.15, 0.2) is 0 Å². The Hall–Kier alpha value is -1.66. The number of nitrogens with one attached hydrogen (secondary N) is 1. The summed E-state index contributed by atoms with van der Waals surface area (Å²) in [4.78, 5) is 24.6. The fraction of sp³-hybridized carbons (Fsp3) is 0.900. The molecule has 0 spiro atoms. The maximum absolute atomic E-state index is 12.5. The third kappa shape index (κ3) is 51.7. The normalized spacial score (nSPS) is 12.7. The van der Waals surface area contributed by atoms with E-state index in [1.807, 2.05) is 0 Å². The lowest BCUT2D eigenvalue weighted by molar-refractivity contribution is -0.143. The van der Waals surface area contributed by atoms with Crippen LogP contribution in [0.4, 0.5) is 0 Å². The number of carbonyl (C=O) groups is 2. The molecule has 2 unspecified atom stereocenters. The molecule has 0 bridgehead atoms. The second kappa shape index (κ2) is 55.9. The number of esters is 1. The van der Waals surface area contributed by atoms with E-state index in [9.17, 15) is 19.8 Å². The van der Waals surface area contributed by atoms with E-state index in [4.69, 9.17) is 4.74 Å². The highest BCUT2D eigenvalue weighted by molar-refractivity contribution is 5.76. The molecule has 0 aromatic heterocycles. The first kappa shape index (κ1) is 64.3. The summed E-state index contributed by atoms with van der Waals surface area (Å²) in [6.45, 7) is 4.88. The van der Waals surface area contributed by atoms with Gasteiger partial charge < -0.3 is 20.3 Å². The summed E-state index contributed by atoms with van der Waals surface area (Å²) < 4.78 is 5.46. The van der Waals surface area contributed by atoms with Crippen molar-refractivity contribution in [2.24, 2.45) is 0 Å². The minimum atomic E-state index is -0.696. The second-order valence-corrected chi connectivity index (χ2v) is 20.3. The summed E-state index contributed by atoms with van der Waals surface area (Å²) in [6, 6.07) is -0.580. The Morgan fingerprint density at radius 1 is 0.409 bits per heavy atom. The van der Waals surface area contributed by atoms with Gasteiger partial charge in [-0.3, -0.25) is 9.59 Å². The molecule has 0 aromatic rings. The summed E-state index contributed by atoms with van der Waals surface area (Å²) in [5.41, 5.74) is 0. The van der Waals surface area contributed by atoms with Gasteiger partial charge in [0.1, 0.15) is 0 Å². The molecular weight excluding hydrogens is 815 g/mol. The van der Waals surface area contributed by atoms with E-state index >= 15 is 0 Å². The topological polar surface area (TPSA) is 95.9 Å². The van der Waals surface area contributed by atoms with Crippen LogP contribution >= 0.6 is 0 Å². The monoisotopic (exact) mass is 930 g/mol. The quantitative estimate of drug-likeness (QED) is 0.0321. The van der Waals surface area contributed by atoms with Gasteiger partial charge in [0.2, 0.25) is 5.91 Å². The van der Waals surface area contributed by atoms with Crippen molar-refractivity contribution < 1.29 is 24.5 Å². The molecule has 2 atom stereocenters. The molecule has 6 nitrogen and oxygen atoms in total. The number of carbonyl (C=O) groups excluding carboxylic acids is 2. The van der Waals surface area contributed by atoms with Gasteiger partial charge in [0.25, 0.3) is 0 Å². The van der Waals surface area contributed by atoms with E-state index in [1.54, 1.807) is 0 Å². The molecule has 0 radical (unpaired) electrons. The third-order valence-corrected chi connectivity index (χ3v) is 13.7. The van der Waals surface area contributed by atoms with Crippen LogP contribution in [0, 0.1) is 0 Å². The van der Waals surface area contributed by atoms with Crippen LogP contribution in [0.2, 0.25) is 0 Å². The molecular formula is C60H115NO5. The van der Waals surface area contributed by atoms with Crippen molar-refractivity contribution in [3.8, 4) is 0 Å². The maximum atomic E-state index is 12.5. The first-order valence-corrected chi connectivity index (χ1v) is 29.6. The Morgan fingerprint density at radius 2 is 0.727 bits per heavy atom. The number of hydrogen-bond acceptors (Lipinski definition) is 5. The van der Waals surface area contributed by atoms with E-state index in [2.05, 4.69) is 43.5 Å². The number of hydrogen-bond donors (Lipinski definition) is 3. The van der Waals surface area contributed by atoms with E-state index in [0.29, 0.717) is 25.9 Å². The van der Waals surface area contributed by atoms with Gasteiger partial charge in [0.05, 0.1) is 25.4 Å². The number of aliphatic hydroxyl groups excluding tert-OH is 2. The minimum Gasteiger partial charge on any atom is -0.466 e. The average molecular weight is 931 g/mol. The summed E-state index contributed by atoms with van der Waals surface area (Å²) >= 11 is 0. The molecule has 6 heteroatoms. The molecule has 0 saturated heterocycles. The smallest absolute Gasteiger partial charge is 0.305 e. The van der Waals surface area contributed by atoms with Crippen molar-refractivity contribution in [3.63, 3.8) is 0 Å². The first-order valence-electron chi connectivity index (χ1n) is 29.6. The van der Waals surface area contributed by atoms with E-state index < -0.39 is 12.1 Å². The first-order chi connectivity index (χ1) is 32.5. The number of amides is 1. The van der Waals surface area contributed by atoms with Gasteiger partial charge in [0, 0.05) is 12.8 Å². The Morgan fingerprint density at radius 3 is 1.11 bits per heavy atom. The Bertz CT molecular complexity index is 1030. The number of allylic oxidation sites excluding steroid dienone is 4. The number of unbranched alkanes of at least 4 members (excludes halogenated alkanes) is 40. The van der Waals surface area contributed by atoms with Crippen molar-refractivity contribution in [2.75, 3.05) is 13.2 Å². The largest absolute Gasteiger partial charge is 0.466 e. The molecule has 0 saturated carbocycles. The van der Waals surface area contributed by atoms with Crippen molar-refractivity contribution in [3.05, 3.63) is 24.3 Å². The fourth-order valence-corrected chi connectivity index (χ4v) is 9.17. The molecule has 3 N–H and O–H groups in total. The molecule has 0 fully saturated rings. The SMILES string of the molecule is CCCCCCCC/C=C\CCCCCCCCCCCC(=O)OCCCCCC/C=C\CCCC(=O)NC(CO)C(O)CCCCCCCCCCCCCCCCCCCCCCC. The molecule has 390 valence electrons. The summed E-state index contributed by atoms with van der Waals surface area (Å²) in [5.74, 6) is -0.128. The molecule has 0 heterocycles. The second-order valence-electron chi connectivity index (χ2n) is 20.3. The van der Waals surface area contributed by atoms with Crippen LogP contribution in [0.1, 0.15) is 322 Å². The van der Waals surface area contributed by atoms with Crippen molar-refractivity contribution >= 4 is 11.9 Å². The molecule has 1 amide bonds. The zero-order chi connectivity index (χ0) is 47.9. The zero-order valence-corrected chi connectivity index (χ0v) is 44.4. The molecule has 0 aliphatic carbocycles. The van der Waals surface area contributed by atoms with Gasteiger partial charge in [-0.15, -0.1) is 0 Å². The van der Waals surface area contributed by atoms with Crippen LogP contribution in [0.5, 0.6) is 0 Å². The van der Waals surface area contributed by atoms with Crippen LogP contribution < -0.4 is 5.32 Å². The molecule has 0 aliphatic heterocycles. The molecule has 0 aromatic carbocycles. The van der Waals surface area contributed by atoms with Crippen LogP contribution in [-0.2, 0) is 14.3 Å². The highest BCUT2D eigenvalue weighted by atomic mass is 16.5. The highest BCUT2D eigenvalue weighted by Gasteiger charge is 2.20. The Balaban J connectivity index is 3.50. The summed E-state index contributed by atoms with van der Waals surface area (Å²) in [5, 5.41) is 23.3. The van der Waals surface area contributed by atoms with Gasteiger partial charge in [-0.1, -0.05) is 263 Å². The van der Waals surface area contributed by atoms with Gasteiger partial charge >= 0.3 is 5.97 Å². The predicted octanol–water partition coefficient (Wildman–Crippen LogP) is 18.2. The lowest BCUT2D eigenvalue weighted by Gasteiger charge is -2.22. The molecule has 0 rings (SSSR count).